The van der Waals surface area contributed by atoms with Crippen LogP contribution < -0.4 is 16.0 Å². The second-order valence-corrected chi connectivity index (χ2v) is 10.2. The van der Waals surface area contributed by atoms with Gasteiger partial charge in [-0.05, 0) is 55.0 Å². The van der Waals surface area contributed by atoms with Crippen molar-refractivity contribution in [3.63, 3.8) is 0 Å². The molecule has 0 aliphatic carbocycles. The molecule has 0 saturated heterocycles. The zero-order valence-electron chi connectivity index (χ0n) is 20.7. The third kappa shape index (κ3) is 8.49. The van der Waals surface area contributed by atoms with Gasteiger partial charge in [-0.3, -0.25) is 9.59 Å². The zero-order chi connectivity index (χ0) is 26.1. The topological polar surface area (TPSA) is 120 Å². The van der Waals surface area contributed by atoms with Crippen LogP contribution in [-0.2, 0) is 22.4 Å². The van der Waals surface area contributed by atoms with E-state index in [9.17, 15) is 14.4 Å². The van der Waals surface area contributed by atoms with E-state index in [0.717, 1.165) is 33.1 Å². The number of rotatable bonds is 11. The summed E-state index contributed by atoms with van der Waals surface area (Å²) in [5.74, 6) is -0.621. The van der Waals surface area contributed by atoms with E-state index >= 15 is 0 Å². The lowest BCUT2D eigenvalue weighted by Gasteiger charge is -2.18. The molecule has 190 valence electrons. The Balaban J connectivity index is 1.56. The number of nitrogens with one attached hydrogen (secondary N) is 3. The number of aromatic nitrogens is 1. The van der Waals surface area contributed by atoms with Gasteiger partial charge >= 0.3 is 12.0 Å². The summed E-state index contributed by atoms with van der Waals surface area (Å²) in [6.45, 7) is 6.09. The fourth-order valence-corrected chi connectivity index (χ4v) is 4.64. The number of aryl methyl sites for hydroxylation is 2. The minimum Gasteiger partial charge on any atom is -0.481 e. The quantitative estimate of drug-likeness (QED) is 0.270. The molecule has 3 amide bonds. The molecule has 0 radical (unpaired) electrons. The normalized spacial score (nSPS) is 11.7. The van der Waals surface area contributed by atoms with E-state index < -0.39 is 5.97 Å². The fourth-order valence-electron chi connectivity index (χ4n) is 3.66. The van der Waals surface area contributed by atoms with E-state index in [4.69, 9.17) is 5.11 Å². The molecule has 2 aromatic carbocycles. The highest BCUT2D eigenvalue weighted by atomic mass is 32.1. The fraction of sp³-hybridized carbons (Fsp3) is 0.333. The summed E-state index contributed by atoms with van der Waals surface area (Å²) in [5.41, 5.74) is 3.16. The molecule has 1 atom stereocenters. The summed E-state index contributed by atoms with van der Waals surface area (Å²) in [4.78, 5) is 41.3. The van der Waals surface area contributed by atoms with Gasteiger partial charge in [0.05, 0.1) is 18.9 Å². The summed E-state index contributed by atoms with van der Waals surface area (Å²) in [6.07, 6.45) is 3.11. The van der Waals surface area contributed by atoms with E-state index in [1.807, 2.05) is 43.3 Å². The van der Waals surface area contributed by atoms with Gasteiger partial charge in [-0.1, -0.05) is 44.2 Å². The molecule has 3 aromatic rings. The second kappa shape index (κ2) is 12.8. The summed E-state index contributed by atoms with van der Waals surface area (Å²) < 4.78 is 0. The van der Waals surface area contributed by atoms with E-state index in [1.165, 1.54) is 11.3 Å². The smallest absolute Gasteiger partial charge is 0.323 e. The lowest BCUT2D eigenvalue weighted by Crippen LogP contribution is -2.30. The van der Waals surface area contributed by atoms with E-state index in [0.29, 0.717) is 18.0 Å². The molecule has 0 fully saturated rings. The first kappa shape index (κ1) is 26.9. The zero-order valence-corrected chi connectivity index (χ0v) is 21.5. The Morgan fingerprint density at radius 3 is 2.42 bits per heavy atom. The molecule has 4 N–H and O–H groups in total. The Morgan fingerprint density at radius 1 is 1.03 bits per heavy atom. The van der Waals surface area contributed by atoms with Crippen molar-refractivity contribution in [2.45, 2.75) is 52.5 Å². The molecule has 1 aromatic heterocycles. The molecular formula is C27H32N4O4S. The van der Waals surface area contributed by atoms with Gasteiger partial charge in [0.2, 0.25) is 5.91 Å². The summed E-state index contributed by atoms with van der Waals surface area (Å²) in [7, 11) is 0. The number of amides is 3. The van der Waals surface area contributed by atoms with Crippen LogP contribution in [0.15, 0.2) is 54.7 Å². The molecule has 3 rings (SSSR count). The number of aliphatic carboxylic acids is 1. The van der Waals surface area contributed by atoms with Crippen molar-refractivity contribution in [1.82, 2.24) is 10.3 Å². The molecule has 1 heterocycles. The average Bonchev–Trinajstić information content (AvgIpc) is 3.29. The number of hydrogen-bond donors (Lipinski definition) is 4. The molecule has 36 heavy (non-hydrogen) atoms. The molecule has 0 saturated carbocycles. The third-order valence-electron chi connectivity index (χ3n) is 5.47. The first-order valence-electron chi connectivity index (χ1n) is 11.9. The highest BCUT2D eigenvalue weighted by Gasteiger charge is 2.20. The molecule has 1 unspecified atom stereocenters. The molecule has 0 spiro atoms. The largest absolute Gasteiger partial charge is 0.481 e. The van der Waals surface area contributed by atoms with Gasteiger partial charge in [0.25, 0.3) is 0 Å². The predicted molar refractivity (Wildman–Crippen MR) is 142 cm³/mol. The van der Waals surface area contributed by atoms with Crippen LogP contribution in [0.1, 0.15) is 53.7 Å². The van der Waals surface area contributed by atoms with Crippen molar-refractivity contribution in [3.8, 4) is 0 Å². The Labute approximate surface area is 215 Å². The first-order chi connectivity index (χ1) is 17.2. The van der Waals surface area contributed by atoms with Gasteiger partial charge < -0.3 is 21.1 Å². The monoisotopic (exact) mass is 508 g/mol. The van der Waals surface area contributed by atoms with Crippen LogP contribution in [0, 0.1) is 12.8 Å². The number of benzene rings is 2. The Morgan fingerprint density at radius 2 is 1.75 bits per heavy atom. The van der Waals surface area contributed by atoms with Crippen LogP contribution in [0.3, 0.4) is 0 Å². The second-order valence-electron chi connectivity index (χ2n) is 9.08. The van der Waals surface area contributed by atoms with Crippen LogP contribution in [0.25, 0.3) is 0 Å². The minimum atomic E-state index is -0.842. The highest BCUT2D eigenvalue weighted by molar-refractivity contribution is 7.11. The molecule has 8 nitrogen and oxygen atoms in total. The first-order valence-corrected chi connectivity index (χ1v) is 12.7. The van der Waals surface area contributed by atoms with Gasteiger partial charge in [0.15, 0.2) is 0 Å². The van der Waals surface area contributed by atoms with Crippen molar-refractivity contribution in [2.24, 2.45) is 5.92 Å². The van der Waals surface area contributed by atoms with Crippen molar-refractivity contribution in [2.75, 3.05) is 10.6 Å². The number of anilines is 2. The van der Waals surface area contributed by atoms with E-state index in [-0.39, 0.29) is 30.8 Å². The average molecular weight is 509 g/mol. The maximum Gasteiger partial charge on any atom is 0.323 e. The lowest BCUT2D eigenvalue weighted by atomic mass is 10.0. The Bertz CT molecular complexity index is 1190. The van der Waals surface area contributed by atoms with Crippen molar-refractivity contribution < 1.29 is 19.5 Å². The number of urea groups is 1. The highest BCUT2D eigenvalue weighted by Crippen LogP contribution is 2.26. The van der Waals surface area contributed by atoms with Crippen LogP contribution in [0.4, 0.5) is 16.2 Å². The Hall–Kier alpha value is -3.72. The van der Waals surface area contributed by atoms with Crippen LogP contribution >= 0.6 is 11.3 Å². The summed E-state index contributed by atoms with van der Waals surface area (Å²) in [6, 6.07) is 14.1. The molecular weight excluding hydrogens is 476 g/mol. The van der Waals surface area contributed by atoms with Gasteiger partial charge in [0.1, 0.15) is 5.01 Å². The summed E-state index contributed by atoms with van der Waals surface area (Å²) >= 11 is 1.45. The maximum absolute atomic E-state index is 12.8. The number of thiazole rings is 1. The summed E-state index contributed by atoms with van der Waals surface area (Å²) in [5, 5.41) is 18.4. The number of carboxylic acid groups (broad SMARTS) is 1. The number of hydrogen-bond acceptors (Lipinski definition) is 5. The van der Waals surface area contributed by atoms with Crippen LogP contribution in [0.5, 0.6) is 0 Å². The Kier molecular flexibility index (Phi) is 9.58. The third-order valence-corrected chi connectivity index (χ3v) is 6.64. The van der Waals surface area contributed by atoms with Crippen LogP contribution in [0.2, 0.25) is 0 Å². The van der Waals surface area contributed by atoms with Gasteiger partial charge in [-0.2, -0.15) is 0 Å². The number of carboxylic acids is 1. The molecule has 0 bridgehead atoms. The SMILES string of the molecule is Cc1ccccc1NC(=O)Nc1ccc(CC(=O)NC(CC(C)C)c2ncc(CCC(=O)O)s2)cc1. The van der Waals surface area contributed by atoms with Crippen molar-refractivity contribution >= 4 is 40.6 Å². The molecule has 0 aliphatic rings. The lowest BCUT2D eigenvalue weighted by molar-refractivity contribution is -0.137. The van der Waals surface area contributed by atoms with Crippen molar-refractivity contribution in [3.05, 3.63) is 75.7 Å². The van der Waals surface area contributed by atoms with Crippen molar-refractivity contribution in [1.29, 1.82) is 0 Å². The standard InChI is InChI=1S/C27H32N4O4S/c1-17(2)14-23(26-28-16-21(36-26)12-13-25(33)34)30-24(32)15-19-8-10-20(11-9-19)29-27(35)31-22-7-5-4-6-18(22)3/h4-11,16-17,23H,12-15H2,1-3H3,(H,30,32)(H,33,34)(H2,29,31,35). The minimum absolute atomic E-state index is 0.0568. The van der Waals surface area contributed by atoms with Gasteiger partial charge in [0, 0.05) is 22.4 Å². The molecule has 0 aliphatic heterocycles. The van der Waals surface area contributed by atoms with E-state index in [1.54, 1.807) is 18.3 Å². The number of nitrogens with zero attached hydrogens (tertiary/aromatic N) is 1. The predicted octanol–water partition coefficient (Wildman–Crippen LogP) is 5.56. The van der Waals surface area contributed by atoms with Crippen LogP contribution in [-0.4, -0.2) is 28.0 Å². The van der Waals surface area contributed by atoms with Gasteiger partial charge in [-0.15, -0.1) is 11.3 Å². The number of carbonyl (C=O) groups excluding carboxylic acids is 2. The number of carbonyl (C=O) groups is 3. The maximum atomic E-state index is 12.8. The number of para-hydroxylation sites is 1. The molecule has 9 heteroatoms. The van der Waals surface area contributed by atoms with Gasteiger partial charge in [-0.25, -0.2) is 9.78 Å². The van der Waals surface area contributed by atoms with E-state index in [2.05, 4.69) is 34.8 Å².